The minimum atomic E-state index is -0.469. The molecule has 1 aromatic heterocycles. The Bertz CT molecular complexity index is 646. The van der Waals surface area contributed by atoms with Crippen LogP contribution in [0.1, 0.15) is 17.4 Å². The van der Waals surface area contributed by atoms with E-state index in [1.807, 2.05) is 0 Å². The fourth-order valence-corrected chi connectivity index (χ4v) is 1.55. The van der Waals surface area contributed by atoms with Crippen LogP contribution in [0.5, 0.6) is 0 Å². The number of esters is 1. The van der Waals surface area contributed by atoms with Crippen molar-refractivity contribution in [1.82, 2.24) is 4.98 Å². The number of nitrogens with zero attached hydrogens (tertiary/aromatic N) is 2. The van der Waals surface area contributed by atoms with Gasteiger partial charge < -0.3 is 4.74 Å². The second kappa shape index (κ2) is 5.21. The summed E-state index contributed by atoms with van der Waals surface area (Å²) in [6.07, 6.45) is 1.46. The zero-order valence-electron chi connectivity index (χ0n) is 9.71. The van der Waals surface area contributed by atoms with Crippen LogP contribution in [0.2, 0.25) is 0 Å². The highest BCUT2D eigenvalue weighted by Gasteiger charge is 2.08. The number of carbonyl (C=O) groups is 1. The largest absolute Gasteiger partial charge is 0.461 e. The number of fused-ring (bicyclic) bond motifs is 1. The molecular formula is C13H10N2O3. The molecule has 0 aliphatic rings. The van der Waals surface area contributed by atoms with Crippen LogP contribution < -0.4 is 0 Å². The van der Waals surface area contributed by atoms with E-state index in [0.29, 0.717) is 17.8 Å². The van der Waals surface area contributed by atoms with Crippen molar-refractivity contribution in [3.05, 3.63) is 36.0 Å². The van der Waals surface area contributed by atoms with Crippen molar-refractivity contribution in [1.29, 1.82) is 0 Å². The maximum Gasteiger partial charge on any atom is 0.356 e. The molecule has 0 unspecified atom stereocenters. The van der Waals surface area contributed by atoms with Crippen LogP contribution in [-0.4, -0.2) is 23.6 Å². The fraction of sp³-hybridized carbons (Fsp3) is 0.154. The van der Waals surface area contributed by atoms with E-state index in [0.717, 1.165) is 5.39 Å². The number of carbonyl (C=O) groups excluding carboxylic acids is 2. The maximum absolute atomic E-state index is 11.5. The molecule has 2 rings (SSSR count). The SMILES string of the molecule is CCOC(=O)c1ccc2ccc(N=C=O)cc2n1. The quantitative estimate of drug-likeness (QED) is 0.470. The summed E-state index contributed by atoms with van der Waals surface area (Å²) in [6.45, 7) is 2.03. The van der Waals surface area contributed by atoms with Gasteiger partial charge in [-0.1, -0.05) is 12.1 Å². The molecule has 0 spiro atoms. The number of benzene rings is 1. The van der Waals surface area contributed by atoms with E-state index in [-0.39, 0.29) is 5.69 Å². The molecule has 2 aromatic rings. The van der Waals surface area contributed by atoms with Gasteiger partial charge in [0.25, 0.3) is 0 Å². The third-order valence-corrected chi connectivity index (χ3v) is 2.33. The molecule has 0 radical (unpaired) electrons. The number of rotatable bonds is 3. The van der Waals surface area contributed by atoms with Crippen LogP contribution in [0.25, 0.3) is 10.9 Å². The van der Waals surface area contributed by atoms with Crippen LogP contribution in [0, 0.1) is 0 Å². The summed E-state index contributed by atoms with van der Waals surface area (Å²) in [7, 11) is 0. The highest BCUT2D eigenvalue weighted by molar-refractivity contribution is 5.91. The molecule has 1 heterocycles. The normalized spacial score (nSPS) is 9.83. The topological polar surface area (TPSA) is 68.6 Å². The van der Waals surface area contributed by atoms with Crippen LogP contribution in [0.15, 0.2) is 35.3 Å². The van der Waals surface area contributed by atoms with Gasteiger partial charge in [-0.3, -0.25) is 0 Å². The summed E-state index contributed by atoms with van der Waals surface area (Å²) in [6, 6.07) is 8.43. The van der Waals surface area contributed by atoms with Crippen molar-refractivity contribution in [2.45, 2.75) is 6.92 Å². The van der Waals surface area contributed by atoms with Gasteiger partial charge in [0.2, 0.25) is 6.08 Å². The third kappa shape index (κ3) is 2.42. The second-order valence-corrected chi connectivity index (χ2v) is 3.50. The molecule has 0 saturated heterocycles. The van der Waals surface area contributed by atoms with Crippen molar-refractivity contribution >= 4 is 28.6 Å². The molecule has 1 aromatic carbocycles. The highest BCUT2D eigenvalue weighted by Crippen LogP contribution is 2.19. The van der Waals surface area contributed by atoms with Crippen LogP contribution in [0.3, 0.4) is 0 Å². The number of aromatic nitrogens is 1. The Morgan fingerprint density at radius 3 is 2.89 bits per heavy atom. The standard InChI is InChI=1S/C13H10N2O3/c1-2-18-13(17)11-6-4-9-3-5-10(14-8-16)7-12(9)15-11/h3-7H,2H2,1H3. The van der Waals surface area contributed by atoms with Gasteiger partial charge in [0.15, 0.2) is 0 Å². The molecule has 0 saturated carbocycles. The van der Waals surface area contributed by atoms with E-state index in [4.69, 9.17) is 4.74 Å². The Hall–Kier alpha value is -2.52. The lowest BCUT2D eigenvalue weighted by atomic mass is 10.2. The molecule has 0 bridgehead atoms. The molecule has 0 aliphatic heterocycles. The van der Waals surface area contributed by atoms with Crippen molar-refractivity contribution in [3.63, 3.8) is 0 Å². The first-order valence-corrected chi connectivity index (χ1v) is 5.40. The average molecular weight is 242 g/mol. The number of ether oxygens (including phenoxy) is 1. The first-order valence-electron chi connectivity index (χ1n) is 5.40. The maximum atomic E-state index is 11.5. The Morgan fingerprint density at radius 2 is 2.17 bits per heavy atom. The van der Waals surface area contributed by atoms with Gasteiger partial charge in [-0.2, -0.15) is 4.99 Å². The van der Waals surface area contributed by atoms with E-state index >= 15 is 0 Å². The third-order valence-electron chi connectivity index (χ3n) is 2.33. The fourth-order valence-electron chi connectivity index (χ4n) is 1.55. The first-order chi connectivity index (χ1) is 8.74. The van der Waals surface area contributed by atoms with E-state index in [1.165, 1.54) is 6.08 Å². The number of hydrogen-bond donors (Lipinski definition) is 0. The zero-order chi connectivity index (χ0) is 13.0. The zero-order valence-corrected chi connectivity index (χ0v) is 9.71. The van der Waals surface area contributed by atoms with Gasteiger partial charge >= 0.3 is 5.97 Å². The first kappa shape index (κ1) is 12.0. The summed E-state index contributed by atoms with van der Waals surface area (Å²) in [4.78, 5) is 29.4. The lowest BCUT2D eigenvalue weighted by Gasteiger charge is -2.03. The van der Waals surface area contributed by atoms with E-state index in [9.17, 15) is 9.59 Å². The van der Waals surface area contributed by atoms with Crippen molar-refractivity contribution in [2.75, 3.05) is 6.61 Å². The van der Waals surface area contributed by atoms with E-state index in [1.54, 1.807) is 37.3 Å². The van der Waals surface area contributed by atoms with Gasteiger partial charge in [-0.25, -0.2) is 14.6 Å². The number of isocyanates is 1. The Balaban J connectivity index is 2.48. The van der Waals surface area contributed by atoms with E-state index < -0.39 is 5.97 Å². The second-order valence-electron chi connectivity index (χ2n) is 3.50. The Morgan fingerprint density at radius 1 is 1.39 bits per heavy atom. The molecule has 0 fully saturated rings. The van der Waals surface area contributed by atoms with Crippen molar-refractivity contribution in [3.8, 4) is 0 Å². The molecule has 0 N–H and O–H groups in total. The predicted molar refractivity (Wildman–Crippen MR) is 65.5 cm³/mol. The number of aliphatic imine (C=N–C) groups is 1. The lowest BCUT2D eigenvalue weighted by molar-refractivity contribution is 0.0520. The monoisotopic (exact) mass is 242 g/mol. The Kier molecular flexibility index (Phi) is 3.46. The molecule has 5 nitrogen and oxygen atoms in total. The minimum absolute atomic E-state index is 0.233. The highest BCUT2D eigenvalue weighted by atomic mass is 16.5. The smallest absolute Gasteiger partial charge is 0.356 e. The molecular weight excluding hydrogens is 232 g/mol. The summed E-state index contributed by atoms with van der Waals surface area (Å²) in [5, 5.41) is 0.855. The van der Waals surface area contributed by atoms with Crippen molar-refractivity contribution in [2.24, 2.45) is 4.99 Å². The minimum Gasteiger partial charge on any atom is -0.461 e. The Labute approximate surface area is 103 Å². The van der Waals surface area contributed by atoms with Crippen LogP contribution in [-0.2, 0) is 9.53 Å². The molecule has 0 aliphatic carbocycles. The van der Waals surface area contributed by atoms with Gasteiger partial charge in [0, 0.05) is 5.39 Å². The van der Waals surface area contributed by atoms with Crippen LogP contribution in [0.4, 0.5) is 5.69 Å². The predicted octanol–water partition coefficient (Wildman–Crippen LogP) is 2.38. The van der Waals surface area contributed by atoms with E-state index in [2.05, 4.69) is 9.98 Å². The number of pyridine rings is 1. The van der Waals surface area contributed by atoms with Crippen molar-refractivity contribution < 1.29 is 14.3 Å². The molecule has 5 heteroatoms. The molecule has 0 amide bonds. The lowest BCUT2D eigenvalue weighted by Crippen LogP contribution is -2.06. The summed E-state index contributed by atoms with van der Waals surface area (Å²) < 4.78 is 4.87. The van der Waals surface area contributed by atoms with Gasteiger partial charge in [0.1, 0.15) is 5.69 Å². The van der Waals surface area contributed by atoms with Gasteiger partial charge in [-0.05, 0) is 25.1 Å². The van der Waals surface area contributed by atoms with Gasteiger partial charge in [-0.15, -0.1) is 0 Å². The summed E-state index contributed by atoms with van der Waals surface area (Å²) >= 11 is 0. The summed E-state index contributed by atoms with van der Waals surface area (Å²) in [5.74, 6) is -0.469. The summed E-state index contributed by atoms with van der Waals surface area (Å²) in [5.41, 5.74) is 1.26. The molecule has 0 atom stereocenters. The van der Waals surface area contributed by atoms with Crippen LogP contribution >= 0.6 is 0 Å². The number of hydrogen-bond acceptors (Lipinski definition) is 5. The average Bonchev–Trinajstić information content (AvgIpc) is 2.38. The molecule has 90 valence electrons. The van der Waals surface area contributed by atoms with Gasteiger partial charge in [0.05, 0.1) is 17.8 Å². The molecule has 18 heavy (non-hydrogen) atoms.